The number of rotatable bonds is 6. The fraction of sp³-hybridized carbons (Fsp3) is 0.0769. The number of hydrogen-bond donors (Lipinski definition) is 2. The van der Waals surface area contributed by atoms with E-state index < -0.39 is 11.8 Å². The van der Waals surface area contributed by atoms with Crippen LogP contribution in [0.2, 0.25) is 0 Å². The normalized spacial score (nSPS) is 10.8. The molecule has 10 nitrogen and oxygen atoms in total. The third-order valence-electron chi connectivity index (χ3n) is 5.64. The van der Waals surface area contributed by atoms with E-state index in [9.17, 15) is 14.0 Å². The van der Waals surface area contributed by atoms with Crippen molar-refractivity contribution in [2.75, 3.05) is 0 Å². The molecule has 2 heterocycles. The predicted octanol–water partition coefficient (Wildman–Crippen LogP) is 3.10. The maximum Gasteiger partial charge on any atom is 0.273 e. The third-order valence-corrected chi connectivity index (χ3v) is 5.64. The van der Waals surface area contributed by atoms with Gasteiger partial charge in [0.05, 0.1) is 29.7 Å². The summed E-state index contributed by atoms with van der Waals surface area (Å²) in [6.07, 6.45) is 1.39. The first-order valence-corrected chi connectivity index (χ1v) is 11.3. The monoisotopic (exact) mass is 496 g/mol. The average Bonchev–Trinajstić information content (AvgIpc) is 3.55. The maximum absolute atomic E-state index is 13.2. The molecule has 5 rings (SSSR count). The molecule has 11 heteroatoms. The van der Waals surface area contributed by atoms with Gasteiger partial charge < -0.3 is 0 Å². The average molecular weight is 497 g/mol. The Bertz CT molecular complexity index is 1540. The van der Waals surface area contributed by atoms with Crippen molar-refractivity contribution >= 4 is 11.8 Å². The quantitative estimate of drug-likeness (QED) is 0.349. The van der Waals surface area contributed by atoms with Crippen LogP contribution >= 0.6 is 0 Å². The zero-order valence-electron chi connectivity index (χ0n) is 19.7. The van der Waals surface area contributed by atoms with Crippen LogP contribution in [0.25, 0.3) is 17.1 Å². The molecule has 0 unspecified atom stereocenters. The number of aromatic nitrogens is 6. The van der Waals surface area contributed by atoms with Gasteiger partial charge in [0, 0.05) is 11.1 Å². The summed E-state index contributed by atoms with van der Waals surface area (Å²) in [6, 6.07) is 22.1. The molecule has 0 radical (unpaired) electrons. The molecular weight excluding hydrogens is 475 g/mol. The highest BCUT2D eigenvalue weighted by Gasteiger charge is 2.16. The number of amides is 2. The number of benzene rings is 3. The van der Waals surface area contributed by atoms with Gasteiger partial charge in [0.2, 0.25) is 5.82 Å². The Morgan fingerprint density at radius 2 is 1.59 bits per heavy atom. The zero-order chi connectivity index (χ0) is 25.8. The summed E-state index contributed by atoms with van der Waals surface area (Å²) in [6.45, 7) is 2.09. The minimum absolute atomic E-state index is 0.273. The van der Waals surface area contributed by atoms with Gasteiger partial charge >= 0.3 is 0 Å². The van der Waals surface area contributed by atoms with Crippen molar-refractivity contribution < 1.29 is 14.0 Å². The van der Waals surface area contributed by atoms with Crippen LogP contribution in [0.4, 0.5) is 4.39 Å². The molecule has 0 saturated heterocycles. The van der Waals surface area contributed by atoms with Gasteiger partial charge in [0.1, 0.15) is 5.82 Å². The van der Waals surface area contributed by atoms with Crippen LogP contribution in [0.1, 0.15) is 32.0 Å². The van der Waals surface area contributed by atoms with E-state index in [2.05, 4.69) is 31.4 Å². The standard InChI is InChI=1S/C26H21FN8O2/c1-17-23(15-28-35(17)22-13-11-21(27)12-14-22)26(37)31-30-25(36)20-9-7-18(8-10-20)16-34-32-24(29-33-34)19-5-3-2-4-6-19/h2-15H,16H2,1H3,(H,30,36)(H,31,37). The van der Waals surface area contributed by atoms with Crippen molar-refractivity contribution in [2.24, 2.45) is 0 Å². The molecule has 0 fully saturated rings. The highest BCUT2D eigenvalue weighted by molar-refractivity contribution is 5.99. The summed E-state index contributed by atoms with van der Waals surface area (Å²) in [5.41, 5.74) is 8.35. The van der Waals surface area contributed by atoms with Crippen LogP contribution in [-0.4, -0.2) is 41.8 Å². The number of nitrogens with one attached hydrogen (secondary N) is 2. The molecule has 3 aromatic carbocycles. The van der Waals surface area contributed by atoms with Crippen LogP contribution in [-0.2, 0) is 6.54 Å². The smallest absolute Gasteiger partial charge is 0.267 e. The number of hydrogen-bond acceptors (Lipinski definition) is 6. The van der Waals surface area contributed by atoms with Gasteiger partial charge in [-0.15, -0.1) is 10.2 Å². The van der Waals surface area contributed by atoms with E-state index in [-0.39, 0.29) is 11.4 Å². The van der Waals surface area contributed by atoms with Crippen LogP contribution in [0.3, 0.4) is 0 Å². The maximum atomic E-state index is 13.2. The van der Waals surface area contributed by atoms with Crippen LogP contribution in [0, 0.1) is 12.7 Å². The van der Waals surface area contributed by atoms with Crippen molar-refractivity contribution in [3.05, 3.63) is 113 Å². The predicted molar refractivity (Wildman–Crippen MR) is 132 cm³/mol. The fourth-order valence-corrected chi connectivity index (χ4v) is 3.67. The lowest BCUT2D eigenvalue weighted by Gasteiger charge is -2.08. The first-order valence-electron chi connectivity index (χ1n) is 11.3. The van der Waals surface area contributed by atoms with Gasteiger partial charge in [-0.05, 0) is 54.1 Å². The van der Waals surface area contributed by atoms with Crippen LogP contribution < -0.4 is 10.9 Å². The Balaban J connectivity index is 1.18. The minimum atomic E-state index is -0.526. The first kappa shape index (κ1) is 23.5. The second-order valence-corrected chi connectivity index (χ2v) is 8.15. The van der Waals surface area contributed by atoms with E-state index in [1.54, 1.807) is 43.3 Å². The van der Waals surface area contributed by atoms with E-state index >= 15 is 0 Å². The number of halogens is 1. The number of nitrogens with zero attached hydrogens (tertiary/aromatic N) is 6. The van der Waals surface area contributed by atoms with Crippen LogP contribution in [0.5, 0.6) is 0 Å². The SMILES string of the molecule is Cc1c(C(=O)NNC(=O)c2ccc(Cn3nnc(-c4ccccc4)n3)cc2)cnn1-c1ccc(F)cc1. The summed E-state index contributed by atoms with van der Waals surface area (Å²) in [4.78, 5) is 26.6. The molecule has 2 aromatic heterocycles. The Morgan fingerprint density at radius 3 is 2.32 bits per heavy atom. The Kier molecular flexibility index (Phi) is 6.49. The summed E-state index contributed by atoms with van der Waals surface area (Å²) >= 11 is 0. The molecule has 37 heavy (non-hydrogen) atoms. The Morgan fingerprint density at radius 1 is 0.892 bits per heavy atom. The molecule has 0 aliphatic rings. The number of carbonyl (C=O) groups is 2. The van der Waals surface area contributed by atoms with Crippen LogP contribution in [0.15, 0.2) is 85.1 Å². The van der Waals surface area contributed by atoms with E-state index in [0.717, 1.165) is 11.1 Å². The van der Waals surface area contributed by atoms with Gasteiger partial charge in [0.15, 0.2) is 0 Å². The summed E-state index contributed by atoms with van der Waals surface area (Å²) in [5, 5.41) is 16.7. The van der Waals surface area contributed by atoms with E-state index in [0.29, 0.717) is 29.3 Å². The second-order valence-electron chi connectivity index (χ2n) is 8.15. The molecule has 2 N–H and O–H groups in total. The lowest BCUT2D eigenvalue weighted by atomic mass is 10.1. The number of tetrazole rings is 1. The van der Waals surface area contributed by atoms with E-state index in [1.807, 2.05) is 30.3 Å². The minimum Gasteiger partial charge on any atom is -0.267 e. The molecule has 2 amide bonds. The molecule has 0 bridgehead atoms. The highest BCUT2D eigenvalue weighted by atomic mass is 19.1. The van der Waals surface area contributed by atoms with Crippen molar-refractivity contribution in [3.8, 4) is 17.1 Å². The van der Waals surface area contributed by atoms with Crippen molar-refractivity contribution in [1.82, 2.24) is 40.8 Å². The summed E-state index contributed by atoms with van der Waals surface area (Å²) in [5.74, 6) is -0.837. The van der Waals surface area contributed by atoms with Crippen molar-refractivity contribution in [1.29, 1.82) is 0 Å². The lowest BCUT2D eigenvalue weighted by molar-refractivity contribution is 0.0846. The molecule has 5 aromatic rings. The lowest BCUT2D eigenvalue weighted by Crippen LogP contribution is -2.41. The van der Waals surface area contributed by atoms with E-state index in [1.165, 1.54) is 27.8 Å². The topological polar surface area (TPSA) is 120 Å². The summed E-state index contributed by atoms with van der Waals surface area (Å²) in [7, 11) is 0. The van der Waals surface area contributed by atoms with Crippen molar-refractivity contribution in [2.45, 2.75) is 13.5 Å². The van der Waals surface area contributed by atoms with Gasteiger partial charge in [-0.25, -0.2) is 9.07 Å². The molecule has 0 spiro atoms. The molecule has 184 valence electrons. The first-order chi connectivity index (χ1) is 18.0. The van der Waals surface area contributed by atoms with Gasteiger partial charge in [0.25, 0.3) is 11.8 Å². The zero-order valence-corrected chi connectivity index (χ0v) is 19.7. The highest BCUT2D eigenvalue weighted by Crippen LogP contribution is 2.15. The molecule has 0 saturated carbocycles. The van der Waals surface area contributed by atoms with Gasteiger partial charge in [-0.3, -0.25) is 20.4 Å². The second kappa shape index (κ2) is 10.2. The molecular formula is C26H21FN8O2. The van der Waals surface area contributed by atoms with E-state index in [4.69, 9.17) is 0 Å². The van der Waals surface area contributed by atoms with Gasteiger partial charge in [-0.2, -0.15) is 9.90 Å². The number of carbonyl (C=O) groups excluding carboxylic acids is 2. The Hall–Kier alpha value is -5.19. The summed E-state index contributed by atoms with van der Waals surface area (Å²) < 4.78 is 14.7. The third kappa shape index (κ3) is 5.25. The van der Waals surface area contributed by atoms with Gasteiger partial charge in [-0.1, -0.05) is 42.5 Å². The molecule has 0 aliphatic heterocycles. The fourth-order valence-electron chi connectivity index (χ4n) is 3.67. The molecule has 0 aliphatic carbocycles. The number of hydrazine groups is 1. The Labute approximate surface area is 210 Å². The molecule has 0 atom stereocenters. The van der Waals surface area contributed by atoms with Crippen molar-refractivity contribution in [3.63, 3.8) is 0 Å². The largest absolute Gasteiger partial charge is 0.273 e.